The van der Waals surface area contributed by atoms with Crippen molar-refractivity contribution in [3.63, 3.8) is 0 Å². The number of carboxylic acids is 2. The fraction of sp³-hybridized carbons (Fsp3) is 0.125. The van der Waals surface area contributed by atoms with Crippen LogP contribution >= 0.6 is 0 Å². The van der Waals surface area contributed by atoms with Crippen LogP contribution in [0.5, 0.6) is 0 Å². The van der Waals surface area contributed by atoms with Crippen LogP contribution in [0.25, 0.3) is 0 Å². The summed E-state index contributed by atoms with van der Waals surface area (Å²) in [7, 11) is 0. The van der Waals surface area contributed by atoms with Crippen molar-refractivity contribution in [2.45, 2.75) is 6.92 Å². The normalized spacial score (nSPS) is 8.36. The van der Waals surface area contributed by atoms with Crippen LogP contribution in [0, 0.1) is 0 Å². The first-order valence-electron chi connectivity index (χ1n) is 3.32. The second-order valence-electron chi connectivity index (χ2n) is 1.79. The van der Waals surface area contributed by atoms with E-state index in [4.69, 9.17) is 10.2 Å². The molecule has 0 atom stereocenters. The number of rotatable bonds is 3. The highest BCUT2D eigenvalue weighted by atomic mass is 16.5. The Labute approximate surface area is 80.1 Å². The highest BCUT2D eigenvalue weighted by molar-refractivity contribution is 5.89. The van der Waals surface area contributed by atoms with Crippen LogP contribution in [0.2, 0.25) is 0 Å². The third-order valence-corrected chi connectivity index (χ3v) is 0.618. The molecule has 6 nitrogen and oxygen atoms in total. The Kier molecular flexibility index (Phi) is 9.25. The fourth-order valence-electron chi connectivity index (χ4n) is 0.260. The number of carbonyl (C=O) groups is 3. The van der Waals surface area contributed by atoms with Crippen LogP contribution in [-0.2, 0) is 19.1 Å². The second kappa shape index (κ2) is 8.98. The number of carboxylic acid groups (broad SMARTS) is 2. The molecular formula is C8H10O6. The Balaban J connectivity index is 0. The second-order valence-corrected chi connectivity index (χ2v) is 1.79. The minimum atomic E-state index is -1.26. The third-order valence-electron chi connectivity index (χ3n) is 0.618. The molecule has 0 fully saturated rings. The molecule has 0 rings (SSSR count). The lowest BCUT2D eigenvalue weighted by Crippen LogP contribution is -1.91. The van der Waals surface area contributed by atoms with Gasteiger partial charge in [0, 0.05) is 19.1 Å². The maximum Gasteiger partial charge on any atom is 0.328 e. The largest absolute Gasteiger partial charge is 0.478 e. The van der Waals surface area contributed by atoms with E-state index in [1.165, 1.54) is 6.92 Å². The average molecular weight is 202 g/mol. The highest BCUT2D eigenvalue weighted by Crippen LogP contribution is 1.71. The molecule has 0 saturated heterocycles. The molecule has 0 aliphatic heterocycles. The van der Waals surface area contributed by atoms with E-state index in [9.17, 15) is 14.4 Å². The van der Waals surface area contributed by atoms with Gasteiger partial charge < -0.3 is 14.9 Å². The first kappa shape index (κ1) is 14.4. The van der Waals surface area contributed by atoms with E-state index < -0.39 is 11.9 Å². The Morgan fingerprint density at radius 1 is 1.14 bits per heavy atom. The number of carbonyl (C=O) groups excluding carboxylic acids is 1. The molecule has 0 heterocycles. The third kappa shape index (κ3) is 22.5. The van der Waals surface area contributed by atoms with Crippen molar-refractivity contribution < 1.29 is 29.3 Å². The first-order valence-corrected chi connectivity index (χ1v) is 3.32. The number of ether oxygens (including phenoxy) is 1. The summed E-state index contributed by atoms with van der Waals surface area (Å²) in [5.41, 5.74) is 0. The lowest BCUT2D eigenvalue weighted by Gasteiger charge is -1.83. The molecule has 0 aliphatic rings. The predicted octanol–water partition coefficient (Wildman–Crippen LogP) is 0.405. The lowest BCUT2D eigenvalue weighted by molar-refractivity contribution is -0.135. The molecule has 0 aromatic heterocycles. The van der Waals surface area contributed by atoms with Crippen molar-refractivity contribution in [1.29, 1.82) is 0 Å². The summed E-state index contributed by atoms with van der Waals surface area (Å²) >= 11 is 0. The van der Waals surface area contributed by atoms with Crippen LogP contribution in [-0.4, -0.2) is 28.1 Å². The van der Waals surface area contributed by atoms with Gasteiger partial charge in [-0.3, -0.25) is 4.79 Å². The van der Waals surface area contributed by atoms with Gasteiger partial charge in [0.25, 0.3) is 0 Å². The van der Waals surface area contributed by atoms with Gasteiger partial charge in [-0.2, -0.15) is 0 Å². The van der Waals surface area contributed by atoms with E-state index in [1.54, 1.807) is 0 Å². The summed E-state index contributed by atoms with van der Waals surface area (Å²) in [5.74, 6) is -2.84. The minimum absolute atomic E-state index is 0.329. The van der Waals surface area contributed by atoms with E-state index >= 15 is 0 Å². The van der Waals surface area contributed by atoms with E-state index in [1.807, 2.05) is 0 Å². The minimum Gasteiger partial charge on any atom is -0.478 e. The SMILES string of the molecule is C=COC(C)=O.O=C(O)/C=C/C(=O)O. The standard InChI is InChI=1S/C4H4O4.C4H6O2/c5-3(6)1-2-4(7)8;1-3-6-4(2)5/h1-2H,(H,5,6)(H,7,8);3H,1H2,2H3/b2-1+;. The predicted molar refractivity (Wildman–Crippen MR) is 46.4 cm³/mol. The van der Waals surface area contributed by atoms with Crippen molar-refractivity contribution >= 4 is 17.9 Å². The van der Waals surface area contributed by atoms with E-state index in [0.717, 1.165) is 6.26 Å². The Morgan fingerprint density at radius 2 is 1.50 bits per heavy atom. The Bertz CT molecular complexity index is 237. The van der Waals surface area contributed by atoms with Crippen LogP contribution in [0.4, 0.5) is 0 Å². The zero-order valence-electron chi connectivity index (χ0n) is 7.47. The molecule has 0 aromatic carbocycles. The van der Waals surface area contributed by atoms with Crippen molar-refractivity contribution in [3.05, 3.63) is 25.0 Å². The molecule has 78 valence electrons. The first-order chi connectivity index (χ1) is 6.40. The van der Waals surface area contributed by atoms with Gasteiger partial charge in [-0.25, -0.2) is 9.59 Å². The number of hydrogen-bond acceptors (Lipinski definition) is 4. The van der Waals surface area contributed by atoms with Crippen molar-refractivity contribution in [1.82, 2.24) is 0 Å². The van der Waals surface area contributed by atoms with Crippen LogP contribution in [0.1, 0.15) is 6.92 Å². The molecule has 6 heteroatoms. The Morgan fingerprint density at radius 3 is 1.57 bits per heavy atom. The molecular weight excluding hydrogens is 192 g/mol. The summed E-state index contributed by atoms with van der Waals surface area (Å²) in [4.78, 5) is 28.9. The topological polar surface area (TPSA) is 101 Å². The van der Waals surface area contributed by atoms with E-state index in [-0.39, 0.29) is 5.97 Å². The molecule has 0 saturated carbocycles. The van der Waals surface area contributed by atoms with Crippen molar-refractivity contribution in [2.24, 2.45) is 0 Å². The summed E-state index contributed by atoms with van der Waals surface area (Å²) < 4.78 is 4.17. The molecule has 0 aromatic rings. The monoisotopic (exact) mass is 202 g/mol. The molecule has 14 heavy (non-hydrogen) atoms. The number of hydrogen-bond donors (Lipinski definition) is 2. The van der Waals surface area contributed by atoms with Gasteiger partial charge in [0.05, 0.1) is 6.26 Å². The summed E-state index contributed by atoms with van der Waals surface area (Å²) in [6.45, 7) is 4.48. The molecule has 0 spiro atoms. The molecule has 0 aliphatic carbocycles. The average Bonchev–Trinajstić information content (AvgIpc) is 2.01. The highest BCUT2D eigenvalue weighted by Gasteiger charge is 1.88. The number of aliphatic carboxylic acids is 2. The van der Waals surface area contributed by atoms with Crippen LogP contribution in [0.3, 0.4) is 0 Å². The van der Waals surface area contributed by atoms with Gasteiger partial charge in [-0.1, -0.05) is 6.58 Å². The van der Waals surface area contributed by atoms with E-state index in [0.29, 0.717) is 12.2 Å². The van der Waals surface area contributed by atoms with Crippen molar-refractivity contribution in [3.8, 4) is 0 Å². The molecule has 2 N–H and O–H groups in total. The Hall–Kier alpha value is -2.11. The smallest absolute Gasteiger partial charge is 0.328 e. The lowest BCUT2D eigenvalue weighted by atomic mass is 10.5. The van der Waals surface area contributed by atoms with Gasteiger partial charge in [-0.15, -0.1) is 0 Å². The van der Waals surface area contributed by atoms with Gasteiger partial charge in [0.15, 0.2) is 0 Å². The molecule has 0 unspecified atom stereocenters. The quantitative estimate of drug-likeness (QED) is 0.390. The van der Waals surface area contributed by atoms with Crippen LogP contribution in [0.15, 0.2) is 25.0 Å². The fourth-order valence-corrected chi connectivity index (χ4v) is 0.260. The number of esters is 1. The van der Waals surface area contributed by atoms with E-state index in [2.05, 4.69) is 11.3 Å². The molecule has 0 radical (unpaired) electrons. The molecule has 0 bridgehead atoms. The summed E-state index contributed by atoms with van der Waals surface area (Å²) in [5, 5.41) is 15.6. The summed E-state index contributed by atoms with van der Waals surface area (Å²) in [6.07, 6.45) is 2.22. The van der Waals surface area contributed by atoms with Gasteiger partial charge in [-0.05, 0) is 0 Å². The van der Waals surface area contributed by atoms with Crippen LogP contribution < -0.4 is 0 Å². The maximum absolute atomic E-state index is 9.75. The van der Waals surface area contributed by atoms with Gasteiger partial charge in [0.1, 0.15) is 0 Å². The molecule has 0 amide bonds. The maximum atomic E-state index is 9.75. The van der Waals surface area contributed by atoms with Gasteiger partial charge >= 0.3 is 17.9 Å². The van der Waals surface area contributed by atoms with Gasteiger partial charge in [0.2, 0.25) is 0 Å². The zero-order chi connectivity index (χ0) is 11.6. The van der Waals surface area contributed by atoms with Crippen molar-refractivity contribution in [2.75, 3.05) is 0 Å². The summed E-state index contributed by atoms with van der Waals surface area (Å²) in [6, 6.07) is 0. The zero-order valence-corrected chi connectivity index (χ0v) is 7.47.